The lowest BCUT2D eigenvalue weighted by Crippen LogP contribution is -2.60. The van der Waals surface area contributed by atoms with Crippen LogP contribution in [0.4, 0.5) is 0 Å². The number of carbonyl (C=O) groups is 1. The summed E-state index contributed by atoms with van der Waals surface area (Å²) < 4.78 is 39.2. The Kier molecular flexibility index (Phi) is 3.95. The van der Waals surface area contributed by atoms with Gasteiger partial charge in [-0.25, -0.2) is 9.59 Å². The van der Waals surface area contributed by atoms with E-state index in [-0.39, 0.29) is 0 Å². The summed E-state index contributed by atoms with van der Waals surface area (Å²) in [5, 5.41) is 47.4. The molecule has 1 fully saturated rings. The van der Waals surface area contributed by atoms with Crippen molar-refractivity contribution >= 4 is 16.9 Å². The van der Waals surface area contributed by atoms with Crippen LogP contribution < -0.4 is 10.4 Å². The minimum atomic E-state index is -1.79. The van der Waals surface area contributed by atoms with Crippen molar-refractivity contribution in [2.45, 2.75) is 30.7 Å². The Morgan fingerprint density at radius 1 is 1.23 bits per heavy atom. The van der Waals surface area contributed by atoms with Crippen molar-refractivity contribution in [1.82, 2.24) is 0 Å². The molecule has 26 heavy (non-hydrogen) atoms. The number of aliphatic hydroxyl groups excluding tert-OH is 4. The minimum absolute atomic E-state index is 0.409. The van der Waals surface area contributed by atoms with Crippen LogP contribution in [0.25, 0.3) is 11.0 Å². The molecule has 10 nitrogen and oxygen atoms in total. The maximum atomic E-state index is 11.8. The first-order valence-electron chi connectivity index (χ1n) is 8.86. The smallest absolute Gasteiger partial charge is 0.351 e. The topological polar surface area (TPSA) is 167 Å². The van der Waals surface area contributed by atoms with Gasteiger partial charge in [0.1, 0.15) is 41.3 Å². The molecule has 0 saturated carbocycles. The van der Waals surface area contributed by atoms with Crippen LogP contribution in [0.5, 0.6) is 5.75 Å². The van der Waals surface area contributed by atoms with Gasteiger partial charge in [0.05, 0.1) is 10.7 Å². The van der Waals surface area contributed by atoms with E-state index in [4.69, 9.17) is 23.1 Å². The van der Waals surface area contributed by atoms with E-state index < -0.39 is 89.3 Å². The molecule has 140 valence electrons. The third-order valence-electron chi connectivity index (χ3n) is 3.78. The van der Waals surface area contributed by atoms with E-state index in [9.17, 15) is 30.0 Å². The molecule has 0 radical (unpaired) electrons. The summed E-state index contributed by atoms with van der Waals surface area (Å²) >= 11 is 0. The summed E-state index contributed by atoms with van der Waals surface area (Å²) in [6, 6.07) is -1.20. The van der Waals surface area contributed by atoms with Gasteiger partial charge in [-0.2, -0.15) is 0 Å². The highest BCUT2D eigenvalue weighted by molar-refractivity contribution is 5.91. The second-order valence-corrected chi connectivity index (χ2v) is 5.51. The predicted molar refractivity (Wildman–Crippen MR) is 83.8 cm³/mol. The zero-order valence-electron chi connectivity index (χ0n) is 15.9. The van der Waals surface area contributed by atoms with E-state index in [1.165, 1.54) is 0 Å². The molecule has 0 spiro atoms. The Bertz CT molecular complexity index is 1020. The molecule has 10 heteroatoms. The van der Waals surface area contributed by atoms with E-state index in [2.05, 4.69) is 0 Å². The van der Waals surface area contributed by atoms with Gasteiger partial charge in [0, 0.05) is 11.5 Å². The average Bonchev–Trinajstić information content (AvgIpc) is 2.65. The molecule has 0 amide bonds. The Hall–Kier alpha value is -2.50. The van der Waals surface area contributed by atoms with Crippen LogP contribution >= 0.6 is 0 Å². The van der Waals surface area contributed by atoms with Gasteiger partial charge < -0.3 is 39.4 Å². The lowest BCUT2D eigenvalue weighted by atomic mass is 9.99. The van der Waals surface area contributed by atoms with Crippen molar-refractivity contribution in [3.63, 3.8) is 0 Å². The molecule has 1 aliphatic rings. The highest BCUT2D eigenvalue weighted by Crippen LogP contribution is 2.26. The molecule has 1 aromatic heterocycles. The highest BCUT2D eigenvalue weighted by Gasteiger charge is 2.44. The fourth-order valence-corrected chi connectivity index (χ4v) is 2.41. The number of carboxylic acids is 1. The number of hydrogen-bond acceptors (Lipinski definition) is 9. The van der Waals surface area contributed by atoms with Gasteiger partial charge in [-0.1, -0.05) is 0 Å². The van der Waals surface area contributed by atoms with Crippen LogP contribution in [0, 0.1) is 0 Å². The first-order valence-corrected chi connectivity index (χ1v) is 7.36. The van der Waals surface area contributed by atoms with E-state index in [0.29, 0.717) is 0 Å². The summed E-state index contributed by atoms with van der Waals surface area (Å²) in [5.74, 6) is -2.17. The summed E-state index contributed by atoms with van der Waals surface area (Å²) in [6.45, 7) is -0.713. The molecule has 0 bridgehead atoms. The van der Waals surface area contributed by atoms with Gasteiger partial charge in [-0.3, -0.25) is 0 Å². The molecule has 1 saturated heterocycles. The van der Waals surface area contributed by atoms with Crippen LogP contribution in [0.15, 0.2) is 33.4 Å². The second kappa shape index (κ2) is 7.02. The minimum Gasteiger partial charge on any atom is -0.477 e. The fourth-order valence-electron chi connectivity index (χ4n) is 2.41. The van der Waals surface area contributed by atoms with Gasteiger partial charge in [-0.15, -0.1) is 0 Å². The number of ether oxygens (including phenoxy) is 2. The first-order chi connectivity index (χ1) is 13.6. The van der Waals surface area contributed by atoms with Crippen LogP contribution in [0.1, 0.15) is 14.5 Å². The number of hydrogen-bond donors (Lipinski definition) is 5. The summed E-state index contributed by atoms with van der Waals surface area (Å²) in [4.78, 5) is 23.0. The Balaban J connectivity index is 2.07. The number of aliphatic hydroxyl groups is 4. The van der Waals surface area contributed by atoms with E-state index >= 15 is 0 Å². The van der Waals surface area contributed by atoms with Crippen molar-refractivity contribution in [1.29, 1.82) is 0 Å². The Morgan fingerprint density at radius 2 is 1.96 bits per heavy atom. The van der Waals surface area contributed by atoms with Crippen LogP contribution in [-0.2, 0) is 4.74 Å². The van der Waals surface area contributed by atoms with Gasteiger partial charge in [0.25, 0.3) is 0 Å². The van der Waals surface area contributed by atoms with Crippen molar-refractivity contribution < 1.29 is 48.3 Å². The van der Waals surface area contributed by atoms with Gasteiger partial charge in [-0.05, 0) is 18.1 Å². The van der Waals surface area contributed by atoms with Gasteiger partial charge in [0.15, 0.2) is 0 Å². The number of benzene rings is 1. The molecule has 1 unspecified atom stereocenters. The predicted octanol–water partition coefficient (Wildman–Crippen LogP) is -1.33. The quantitative estimate of drug-likeness (QED) is 0.404. The normalized spacial score (nSPS) is 30.5. The molecule has 1 aromatic carbocycles. The summed E-state index contributed by atoms with van der Waals surface area (Å²) in [7, 11) is 0. The molecule has 0 aliphatic carbocycles. The third kappa shape index (κ3) is 3.28. The lowest BCUT2D eigenvalue weighted by molar-refractivity contribution is -0.277. The third-order valence-corrected chi connectivity index (χ3v) is 3.78. The second-order valence-electron chi connectivity index (χ2n) is 5.51. The Labute approximate surface area is 149 Å². The van der Waals surface area contributed by atoms with Crippen molar-refractivity contribution in [2.75, 3.05) is 6.61 Å². The van der Waals surface area contributed by atoms with E-state index in [1.54, 1.807) is 0 Å². The number of fused-ring (bicyclic) bond motifs is 1. The number of rotatable bonds is 4. The monoisotopic (exact) mass is 374 g/mol. The largest absolute Gasteiger partial charge is 0.477 e. The SMILES string of the molecule is [3H]c1c(OC2O[C@H](CO)[C@H](O)[C@H](O)[C@H]2O)cc2oc(=O)c(C(=O)O)c([3H])c2c1[3H]. The molecular weight excluding hydrogens is 352 g/mol. The zero-order valence-corrected chi connectivity index (χ0v) is 12.9. The number of carboxylic acid groups (broad SMARTS) is 1. The molecule has 5 N–H and O–H groups in total. The van der Waals surface area contributed by atoms with Gasteiger partial charge in [0.2, 0.25) is 6.29 Å². The summed E-state index contributed by atoms with van der Waals surface area (Å²) in [5.41, 5.74) is -2.75. The molecule has 5 atom stereocenters. The highest BCUT2D eigenvalue weighted by atomic mass is 16.7. The maximum Gasteiger partial charge on any atom is 0.351 e. The van der Waals surface area contributed by atoms with E-state index in [0.717, 1.165) is 6.07 Å². The molecule has 2 heterocycles. The number of aromatic carboxylic acids is 1. The standard InChI is InChI=1S/C16H16O10/c17-5-10-11(18)12(19)13(20)16(26-10)24-7-2-1-6-3-8(14(21)22)15(23)25-9(6)4-7/h1-4,10-13,16-20H,5H2,(H,21,22)/t10-,11+,12+,13-,16?/m1/s1/i1T,2T,3T. The van der Waals surface area contributed by atoms with Crippen molar-refractivity contribution in [3.8, 4) is 5.75 Å². The maximum absolute atomic E-state index is 11.8. The first kappa shape index (κ1) is 14.6. The summed E-state index contributed by atoms with van der Waals surface area (Å²) in [6.07, 6.45) is -8.10. The zero-order chi connectivity index (χ0) is 21.6. The van der Waals surface area contributed by atoms with Gasteiger partial charge >= 0.3 is 11.6 Å². The van der Waals surface area contributed by atoms with Crippen molar-refractivity contribution in [2.24, 2.45) is 0 Å². The molecule has 2 aromatic rings. The van der Waals surface area contributed by atoms with Crippen LogP contribution in [-0.4, -0.2) is 68.8 Å². The lowest BCUT2D eigenvalue weighted by Gasteiger charge is -2.39. The molecule has 1 aliphatic heterocycles. The fraction of sp³-hybridized carbons (Fsp3) is 0.375. The van der Waals surface area contributed by atoms with E-state index in [1.807, 2.05) is 0 Å². The van der Waals surface area contributed by atoms with Crippen LogP contribution in [0.3, 0.4) is 0 Å². The average molecular weight is 374 g/mol. The van der Waals surface area contributed by atoms with Crippen molar-refractivity contribution in [3.05, 3.63) is 40.2 Å². The Morgan fingerprint density at radius 3 is 2.62 bits per heavy atom. The molecular formula is C16H16O10. The van der Waals surface area contributed by atoms with Crippen LogP contribution in [0.2, 0.25) is 0 Å². The molecule has 3 rings (SSSR count).